The Kier molecular flexibility index (Phi) is 8.67. The first-order valence-corrected chi connectivity index (χ1v) is 14.2. The van der Waals surface area contributed by atoms with E-state index in [4.69, 9.17) is 14.2 Å². The number of hydrogen-bond acceptors (Lipinski definition) is 8. The van der Waals surface area contributed by atoms with Gasteiger partial charge in [-0.3, -0.25) is 9.59 Å². The number of fused-ring (bicyclic) bond motifs is 3. The molecule has 0 amide bonds. The van der Waals surface area contributed by atoms with Gasteiger partial charge in [-0.1, -0.05) is 57.7 Å². The zero-order chi connectivity index (χ0) is 30.3. The van der Waals surface area contributed by atoms with Crippen LogP contribution >= 0.6 is 0 Å². The minimum absolute atomic E-state index is 0.290. The number of benzene rings is 1. The Morgan fingerprint density at radius 1 is 1.00 bits per heavy atom. The van der Waals surface area contributed by atoms with Gasteiger partial charge >= 0.3 is 17.9 Å². The lowest BCUT2D eigenvalue weighted by molar-refractivity contribution is -0.197. The highest BCUT2D eigenvalue weighted by molar-refractivity contribution is 5.87. The molecule has 0 heterocycles. The van der Waals surface area contributed by atoms with Crippen LogP contribution < -0.4 is 0 Å². The quantitative estimate of drug-likeness (QED) is 0.231. The van der Waals surface area contributed by atoms with Gasteiger partial charge in [0.1, 0.15) is 12.2 Å². The maximum absolute atomic E-state index is 12.8. The van der Waals surface area contributed by atoms with E-state index in [0.717, 1.165) is 5.56 Å². The van der Waals surface area contributed by atoms with E-state index in [0.29, 0.717) is 36.0 Å². The molecule has 2 saturated carbocycles. The van der Waals surface area contributed by atoms with E-state index in [-0.39, 0.29) is 0 Å². The lowest BCUT2D eigenvalue weighted by atomic mass is 9.49. The molecule has 0 aromatic heterocycles. The summed E-state index contributed by atoms with van der Waals surface area (Å²) in [5, 5.41) is 23.2. The van der Waals surface area contributed by atoms with Crippen LogP contribution in [0.5, 0.6) is 0 Å². The minimum Gasteiger partial charge on any atom is -0.458 e. The molecule has 8 heteroatoms. The van der Waals surface area contributed by atoms with Gasteiger partial charge in [0, 0.05) is 31.3 Å². The van der Waals surface area contributed by atoms with Crippen LogP contribution in [-0.2, 0) is 28.6 Å². The summed E-state index contributed by atoms with van der Waals surface area (Å²) >= 11 is 0. The fourth-order valence-corrected chi connectivity index (χ4v) is 7.54. The second-order valence-electron chi connectivity index (χ2n) is 12.5. The van der Waals surface area contributed by atoms with E-state index in [2.05, 4.69) is 6.58 Å². The summed E-state index contributed by atoms with van der Waals surface area (Å²) in [5.41, 5.74) is 1.01. The first-order valence-electron chi connectivity index (χ1n) is 14.2. The van der Waals surface area contributed by atoms with Gasteiger partial charge in [-0.2, -0.15) is 0 Å². The number of hydrogen-bond donors (Lipinski definition) is 2. The monoisotopic (exact) mass is 566 g/mol. The number of carbonyl (C=O) groups excluding carboxylic acids is 3. The second-order valence-corrected chi connectivity index (χ2v) is 12.5. The highest BCUT2D eigenvalue weighted by Gasteiger charge is 2.63. The summed E-state index contributed by atoms with van der Waals surface area (Å²) in [7, 11) is 0. The van der Waals surface area contributed by atoms with Crippen LogP contribution in [0.3, 0.4) is 0 Å². The fraction of sp³-hybridized carbons (Fsp3) is 0.545. The topological polar surface area (TPSA) is 119 Å². The zero-order valence-corrected chi connectivity index (χ0v) is 24.8. The molecule has 4 rings (SSSR count). The van der Waals surface area contributed by atoms with Gasteiger partial charge in [0.05, 0.1) is 12.2 Å². The predicted octanol–water partition coefficient (Wildman–Crippen LogP) is 4.55. The van der Waals surface area contributed by atoms with Crippen molar-refractivity contribution in [2.45, 2.75) is 91.3 Å². The number of rotatable bonds is 5. The van der Waals surface area contributed by atoms with Crippen LogP contribution in [0.1, 0.15) is 66.4 Å². The van der Waals surface area contributed by atoms with Gasteiger partial charge in [0.2, 0.25) is 0 Å². The van der Waals surface area contributed by atoms with Crippen LogP contribution in [0.4, 0.5) is 0 Å². The van der Waals surface area contributed by atoms with Crippen LogP contribution in [-0.4, -0.2) is 58.6 Å². The molecule has 3 aliphatic rings. The first kappa shape index (κ1) is 30.7. The maximum atomic E-state index is 12.8. The summed E-state index contributed by atoms with van der Waals surface area (Å²) in [5.74, 6) is -2.77. The highest BCUT2D eigenvalue weighted by atomic mass is 16.6. The van der Waals surface area contributed by atoms with Crippen molar-refractivity contribution >= 4 is 24.0 Å². The Bertz CT molecular complexity index is 1260. The van der Waals surface area contributed by atoms with Crippen molar-refractivity contribution < 1.29 is 38.8 Å². The zero-order valence-electron chi connectivity index (χ0n) is 24.8. The summed E-state index contributed by atoms with van der Waals surface area (Å²) in [6.45, 7) is 14.5. The molecule has 2 fully saturated rings. The fourth-order valence-electron chi connectivity index (χ4n) is 7.54. The van der Waals surface area contributed by atoms with E-state index in [1.165, 1.54) is 19.9 Å². The van der Waals surface area contributed by atoms with E-state index in [9.17, 15) is 24.6 Å². The summed E-state index contributed by atoms with van der Waals surface area (Å²) in [6, 6.07) is 9.39. The molecule has 0 spiro atoms. The van der Waals surface area contributed by atoms with Crippen molar-refractivity contribution in [1.82, 2.24) is 0 Å². The molecule has 8 atom stereocenters. The third-order valence-electron chi connectivity index (χ3n) is 9.51. The van der Waals surface area contributed by atoms with Gasteiger partial charge in [0.15, 0.2) is 6.10 Å². The van der Waals surface area contributed by atoms with Crippen LogP contribution in [0.15, 0.2) is 59.7 Å². The molecular formula is C33H42O8. The minimum atomic E-state index is -1.02. The van der Waals surface area contributed by atoms with Gasteiger partial charge in [-0.15, -0.1) is 0 Å². The van der Waals surface area contributed by atoms with Crippen LogP contribution in [0, 0.1) is 22.7 Å². The second kappa shape index (κ2) is 11.6. The van der Waals surface area contributed by atoms with Crippen molar-refractivity contribution in [3.8, 4) is 0 Å². The molecule has 1 aromatic carbocycles. The van der Waals surface area contributed by atoms with Crippen molar-refractivity contribution in [1.29, 1.82) is 0 Å². The SMILES string of the molecule is C=C1C(OC(=O)C=Cc2ccccc2)CCC2(C)C(OC(C)=O)C(OC(C)=O)C3=C(C)C(O)CC(C(O)C12)C3(C)C. The van der Waals surface area contributed by atoms with Gasteiger partial charge in [0.25, 0.3) is 0 Å². The highest BCUT2D eigenvalue weighted by Crippen LogP contribution is 2.60. The molecule has 2 N–H and O–H groups in total. The normalized spacial score (nSPS) is 34.7. The summed E-state index contributed by atoms with van der Waals surface area (Å²) in [4.78, 5) is 37.8. The number of aliphatic hydroxyl groups is 2. The standard InChI is InChI=1S/C33H42O8/c1-18-24(36)17-23-29(38)27-19(2)25(41-26(37)14-13-22-11-9-8-10-12-22)15-16-33(27,7)31(40-21(4)35)30(39-20(3)34)28(18)32(23,5)6/h8-14,23-25,27,29-31,36,38H,2,15-17H2,1,3-7H3. The molecule has 1 aromatic rings. The predicted molar refractivity (Wildman–Crippen MR) is 153 cm³/mol. The average Bonchev–Trinajstić information content (AvgIpc) is 2.89. The first-order chi connectivity index (χ1) is 19.2. The molecule has 222 valence electrons. The Labute approximate surface area is 242 Å². The Balaban J connectivity index is 1.77. The van der Waals surface area contributed by atoms with E-state index >= 15 is 0 Å². The largest absolute Gasteiger partial charge is 0.458 e. The Morgan fingerprint density at radius 3 is 2.24 bits per heavy atom. The van der Waals surface area contributed by atoms with Crippen LogP contribution in [0.25, 0.3) is 6.08 Å². The van der Waals surface area contributed by atoms with Gasteiger partial charge < -0.3 is 24.4 Å². The average molecular weight is 567 g/mol. The third kappa shape index (κ3) is 5.77. The molecule has 3 aliphatic carbocycles. The lowest BCUT2D eigenvalue weighted by Crippen LogP contribution is -2.63. The van der Waals surface area contributed by atoms with Crippen molar-refractivity contribution in [2.24, 2.45) is 22.7 Å². The smallest absolute Gasteiger partial charge is 0.331 e. The number of esters is 3. The molecule has 41 heavy (non-hydrogen) atoms. The van der Waals surface area contributed by atoms with E-state index < -0.39 is 71.1 Å². The summed E-state index contributed by atoms with van der Waals surface area (Å²) in [6.07, 6.45) is -0.448. The maximum Gasteiger partial charge on any atom is 0.331 e. The van der Waals surface area contributed by atoms with Crippen molar-refractivity contribution in [3.05, 3.63) is 65.3 Å². The van der Waals surface area contributed by atoms with Crippen molar-refractivity contribution in [3.63, 3.8) is 0 Å². The van der Waals surface area contributed by atoms with E-state index in [1.807, 2.05) is 51.1 Å². The molecule has 0 saturated heterocycles. The lowest BCUT2D eigenvalue weighted by Gasteiger charge is -2.59. The third-order valence-corrected chi connectivity index (χ3v) is 9.51. The number of aliphatic hydroxyl groups excluding tert-OH is 2. The molecular weight excluding hydrogens is 524 g/mol. The number of ether oxygens (including phenoxy) is 3. The van der Waals surface area contributed by atoms with Crippen molar-refractivity contribution in [2.75, 3.05) is 0 Å². The molecule has 0 radical (unpaired) electrons. The molecule has 8 unspecified atom stereocenters. The molecule has 8 nitrogen and oxygen atoms in total. The van der Waals surface area contributed by atoms with Gasteiger partial charge in [-0.25, -0.2) is 4.79 Å². The van der Waals surface area contributed by atoms with Crippen LogP contribution in [0.2, 0.25) is 0 Å². The van der Waals surface area contributed by atoms with Gasteiger partial charge in [-0.05, 0) is 65.9 Å². The molecule has 0 aliphatic heterocycles. The number of carbonyl (C=O) groups is 3. The molecule has 2 bridgehead atoms. The summed E-state index contributed by atoms with van der Waals surface area (Å²) < 4.78 is 17.8. The van der Waals surface area contributed by atoms with E-state index in [1.54, 1.807) is 13.0 Å². The Hall–Kier alpha value is -3.23. The Morgan fingerprint density at radius 2 is 1.63 bits per heavy atom.